The maximum absolute atomic E-state index is 12.0. The topological polar surface area (TPSA) is 71.1 Å². The molecular formula is C15H13N3O2S. The average Bonchev–Trinajstić information content (AvgIpc) is 2.49. The highest BCUT2D eigenvalue weighted by molar-refractivity contribution is 8.01. The lowest BCUT2D eigenvalue weighted by Gasteiger charge is -2.23. The van der Waals surface area contributed by atoms with E-state index >= 15 is 0 Å². The molecule has 1 atom stereocenters. The van der Waals surface area contributed by atoms with E-state index in [0.717, 1.165) is 10.6 Å². The Balaban J connectivity index is 1.65. The van der Waals surface area contributed by atoms with Gasteiger partial charge in [-0.15, -0.1) is 11.8 Å². The number of aromatic nitrogens is 1. The number of thioether (sulfide) groups is 1. The van der Waals surface area contributed by atoms with Gasteiger partial charge in [0.1, 0.15) is 0 Å². The molecule has 0 spiro atoms. The predicted octanol–water partition coefficient (Wildman–Crippen LogP) is 2.52. The summed E-state index contributed by atoms with van der Waals surface area (Å²) >= 11 is 1.42. The zero-order valence-electron chi connectivity index (χ0n) is 11.1. The summed E-state index contributed by atoms with van der Waals surface area (Å²) < 4.78 is 0. The van der Waals surface area contributed by atoms with Gasteiger partial charge in [0.15, 0.2) is 0 Å². The quantitative estimate of drug-likeness (QED) is 0.913. The number of nitrogens with zero attached hydrogens (tertiary/aromatic N) is 1. The van der Waals surface area contributed by atoms with Crippen LogP contribution in [0.25, 0.3) is 0 Å². The first-order chi connectivity index (χ1) is 10.2. The first kappa shape index (κ1) is 13.6. The Bertz CT molecular complexity index is 676. The standard InChI is InChI=1S/C15H13N3O2S/c19-14(17-10-5-7-16-8-6-10)9-13-15(20)18-11-3-1-2-4-12(11)21-13/h1-8,13H,9H2,(H,18,20)(H,16,17,19). The Hall–Kier alpha value is -2.34. The molecule has 1 unspecified atom stereocenters. The number of pyridine rings is 1. The normalized spacial score (nSPS) is 16.8. The Labute approximate surface area is 126 Å². The number of hydrogen-bond donors (Lipinski definition) is 2. The number of carbonyl (C=O) groups excluding carboxylic acids is 2. The van der Waals surface area contributed by atoms with E-state index < -0.39 is 5.25 Å². The van der Waals surface area contributed by atoms with Gasteiger partial charge in [-0.1, -0.05) is 12.1 Å². The van der Waals surface area contributed by atoms with Crippen molar-refractivity contribution in [3.8, 4) is 0 Å². The lowest BCUT2D eigenvalue weighted by atomic mass is 10.2. The van der Waals surface area contributed by atoms with Crippen LogP contribution in [0.15, 0.2) is 53.7 Å². The van der Waals surface area contributed by atoms with Crippen LogP contribution in [0.2, 0.25) is 0 Å². The van der Waals surface area contributed by atoms with Crippen LogP contribution in [-0.4, -0.2) is 22.0 Å². The number of amides is 2. The minimum Gasteiger partial charge on any atom is -0.326 e. The summed E-state index contributed by atoms with van der Waals surface area (Å²) in [5.74, 6) is -0.322. The fourth-order valence-electron chi connectivity index (χ4n) is 2.04. The van der Waals surface area contributed by atoms with Crippen LogP contribution >= 0.6 is 11.8 Å². The smallest absolute Gasteiger partial charge is 0.238 e. The molecular weight excluding hydrogens is 286 g/mol. The Morgan fingerprint density at radius 2 is 2.00 bits per heavy atom. The minimum absolute atomic E-state index is 0.132. The van der Waals surface area contributed by atoms with Gasteiger partial charge in [-0.25, -0.2) is 0 Å². The van der Waals surface area contributed by atoms with E-state index in [9.17, 15) is 9.59 Å². The van der Waals surface area contributed by atoms with Gasteiger partial charge >= 0.3 is 0 Å². The third kappa shape index (κ3) is 3.22. The summed E-state index contributed by atoms with van der Waals surface area (Å²) in [7, 11) is 0. The van der Waals surface area contributed by atoms with E-state index in [0.29, 0.717) is 5.69 Å². The SMILES string of the molecule is O=C(CC1Sc2ccccc2NC1=O)Nc1ccncc1. The maximum atomic E-state index is 12.0. The molecule has 2 amide bonds. The van der Waals surface area contributed by atoms with Crippen LogP contribution < -0.4 is 10.6 Å². The molecule has 5 nitrogen and oxygen atoms in total. The molecule has 0 fully saturated rings. The van der Waals surface area contributed by atoms with Gasteiger partial charge < -0.3 is 10.6 Å². The van der Waals surface area contributed by atoms with Crippen molar-refractivity contribution in [1.82, 2.24) is 4.98 Å². The molecule has 2 N–H and O–H groups in total. The zero-order chi connectivity index (χ0) is 14.7. The molecule has 1 aromatic heterocycles. The van der Waals surface area contributed by atoms with E-state index in [4.69, 9.17) is 0 Å². The molecule has 2 aromatic rings. The van der Waals surface area contributed by atoms with E-state index in [1.54, 1.807) is 24.5 Å². The lowest BCUT2D eigenvalue weighted by Crippen LogP contribution is -2.32. The third-order valence-electron chi connectivity index (χ3n) is 3.04. The van der Waals surface area contributed by atoms with E-state index in [1.165, 1.54) is 11.8 Å². The fraction of sp³-hybridized carbons (Fsp3) is 0.133. The monoisotopic (exact) mass is 299 g/mol. The van der Waals surface area contributed by atoms with Crippen molar-refractivity contribution in [3.63, 3.8) is 0 Å². The molecule has 1 aromatic carbocycles. The van der Waals surface area contributed by atoms with Crippen LogP contribution in [0, 0.1) is 0 Å². The predicted molar refractivity (Wildman–Crippen MR) is 82.2 cm³/mol. The van der Waals surface area contributed by atoms with Gasteiger partial charge in [0, 0.05) is 29.4 Å². The Kier molecular flexibility index (Phi) is 3.87. The molecule has 1 aliphatic rings. The van der Waals surface area contributed by atoms with Crippen molar-refractivity contribution in [2.45, 2.75) is 16.6 Å². The average molecular weight is 299 g/mol. The first-order valence-electron chi connectivity index (χ1n) is 6.49. The van der Waals surface area contributed by atoms with Crippen LogP contribution in [0.5, 0.6) is 0 Å². The molecule has 21 heavy (non-hydrogen) atoms. The minimum atomic E-state index is -0.415. The summed E-state index contributed by atoms with van der Waals surface area (Å²) in [5.41, 5.74) is 1.48. The van der Waals surface area contributed by atoms with Crippen molar-refractivity contribution in [2.75, 3.05) is 10.6 Å². The van der Waals surface area contributed by atoms with E-state index in [-0.39, 0.29) is 18.2 Å². The largest absolute Gasteiger partial charge is 0.326 e. The van der Waals surface area contributed by atoms with Gasteiger partial charge in [0.2, 0.25) is 11.8 Å². The highest BCUT2D eigenvalue weighted by Crippen LogP contribution is 2.36. The van der Waals surface area contributed by atoms with Crippen molar-refractivity contribution >= 4 is 35.0 Å². The second kappa shape index (κ2) is 5.97. The molecule has 1 aliphatic heterocycles. The number of carbonyl (C=O) groups is 2. The number of nitrogens with one attached hydrogen (secondary N) is 2. The second-order valence-corrected chi connectivity index (χ2v) is 5.82. The van der Waals surface area contributed by atoms with Crippen LogP contribution in [0.1, 0.15) is 6.42 Å². The number of fused-ring (bicyclic) bond motifs is 1. The van der Waals surface area contributed by atoms with Crippen LogP contribution in [0.4, 0.5) is 11.4 Å². The molecule has 0 bridgehead atoms. The molecule has 3 rings (SSSR count). The van der Waals surface area contributed by atoms with Crippen LogP contribution in [0.3, 0.4) is 0 Å². The van der Waals surface area contributed by atoms with E-state index in [2.05, 4.69) is 15.6 Å². The molecule has 0 saturated heterocycles. The number of benzene rings is 1. The highest BCUT2D eigenvalue weighted by atomic mass is 32.2. The van der Waals surface area contributed by atoms with Crippen molar-refractivity contribution in [2.24, 2.45) is 0 Å². The Morgan fingerprint density at radius 1 is 1.24 bits per heavy atom. The van der Waals surface area contributed by atoms with Gasteiger partial charge in [-0.2, -0.15) is 0 Å². The summed E-state index contributed by atoms with van der Waals surface area (Å²) in [6, 6.07) is 11.0. The molecule has 2 heterocycles. The van der Waals surface area contributed by atoms with Crippen molar-refractivity contribution in [3.05, 3.63) is 48.8 Å². The van der Waals surface area contributed by atoms with Gasteiger partial charge in [0.05, 0.1) is 10.9 Å². The molecule has 0 saturated carbocycles. The number of para-hydroxylation sites is 1. The highest BCUT2D eigenvalue weighted by Gasteiger charge is 2.28. The molecule has 106 valence electrons. The fourth-order valence-corrected chi connectivity index (χ4v) is 3.15. The first-order valence-corrected chi connectivity index (χ1v) is 7.37. The second-order valence-electron chi connectivity index (χ2n) is 4.58. The van der Waals surface area contributed by atoms with Crippen molar-refractivity contribution < 1.29 is 9.59 Å². The molecule has 0 radical (unpaired) electrons. The Morgan fingerprint density at radius 3 is 2.81 bits per heavy atom. The maximum Gasteiger partial charge on any atom is 0.238 e. The third-order valence-corrected chi connectivity index (χ3v) is 4.32. The van der Waals surface area contributed by atoms with Gasteiger partial charge in [0.25, 0.3) is 0 Å². The number of hydrogen-bond acceptors (Lipinski definition) is 4. The van der Waals surface area contributed by atoms with Crippen LogP contribution in [-0.2, 0) is 9.59 Å². The molecule has 0 aliphatic carbocycles. The summed E-state index contributed by atoms with van der Waals surface area (Å²) in [4.78, 5) is 28.9. The van der Waals surface area contributed by atoms with Gasteiger partial charge in [-0.3, -0.25) is 14.6 Å². The summed E-state index contributed by atoms with van der Waals surface area (Å²) in [6.45, 7) is 0. The number of anilines is 2. The van der Waals surface area contributed by atoms with Crippen molar-refractivity contribution in [1.29, 1.82) is 0 Å². The summed E-state index contributed by atoms with van der Waals surface area (Å²) in [6.07, 6.45) is 3.34. The lowest BCUT2D eigenvalue weighted by molar-refractivity contribution is -0.120. The van der Waals surface area contributed by atoms with E-state index in [1.807, 2.05) is 24.3 Å². The van der Waals surface area contributed by atoms with Gasteiger partial charge in [-0.05, 0) is 24.3 Å². The molecule has 6 heteroatoms. The number of rotatable bonds is 3. The zero-order valence-corrected chi connectivity index (χ0v) is 11.9. The summed E-state index contributed by atoms with van der Waals surface area (Å²) in [5, 5.41) is 5.18.